The fourth-order valence-electron chi connectivity index (χ4n) is 4.34. The van der Waals surface area contributed by atoms with Crippen molar-refractivity contribution in [3.8, 4) is 17.3 Å². The number of fused-ring (bicyclic) bond motifs is 2. The second kappa shape index (κ2) is 10.9. The molecule has 8 nitrogen and oxygen atoms in total. The van der Waals surface area contributed by atoms with Crippen LogP contribution < -0.4 is 10.3 Å². The van der Waals surface area contributed by atoms with Gasteiger partial charge in [-0.25, -0.2) is 9.78 Å². The molecule has 0 aliphatic heterocycles. The van der Waals surface area contributed by atoms with Gasteiger partial charge in [0.05, 0.1) is 22.7 Å². The minimum absolute atomic E-state index is 0.105. The molecule has 41 heavy (non-hydrogen) atoms. The van der Waals surface area contributed by atoms with Crippen molar-refractivity contribution in [2.24, 2.45) is 5.10 Å². The largest absolute Gasteiger partial charge is 0.488 e. The number of carbonyl (C=O) groups is 1. The zero-order chi connectivity index (χ0) is 28.5. The van der Waals surface area contributed by atoms with Crippen LogP contribution in [0.15, 0.2) is 105 Å². The first-order chi connectivity index (χ1) is 19.9. The maximum atomic E-state index is 13.6. The van der Waals surface area contributed by atoms with E-state index in [2.05, 4.69) is 5.10 Å². The second-order valence-electron chi connectivity index (χ2n) is 9.08. The first-order valence-electron chi connectivity index (χ1n) is 12.4. The van der Waals surface area contributed by atoms with Gasteiger partial charge in [0, 0.05) is 21.0 Å². The lowest BCUT2D eigenvalue weighted by molar-refractivity contribution is 0.0696. The zero-order valence-electron chi connectivity index (χ0n) is 21.1. The maximum Gasteiger partial charge on any atom is 0.335 e. The molecule has 202 valence electrons. The second-order valence-corrected chi connectivity index (χ2v) is 9.96. The zero-order valence-corrected chi connectivity index (χ0v) is 22.6. The number of nitrogens with zero attached hydrogens (tertiary/aromatic N) is 3. The molecule has 0 aliphatic carbocycles. The number of carboxylic acids is 1. The van der Waals surface area contributed by atoms with Crippen LogP contribution in [0.2, 0.25) is 10.0 Å². The van der Waals surface area contributed by atoms with Crippen molar-refractivity contribution >= 4 is 57.3 Å². The number of hydrogen-bond acceptors (Lipinski definition) is 6. The van der Waals surface area contributed by atoms with Crippen molar-refractivity contribution in [2.45, 2.75) is 6.61 Å². The van der Waals surface area contributed by atoms with Gasteiger partial charge in [-0.1, -0.05) is 47.5 Å². The molecule has 0 amide bonds. The number of para-hydroxylation sites is 1. The number of furan rings is 1. The van der Waals surface area contributed by atoms with Gasteiger partial charge in [0.25, 0.3) is 5.56 Å². The lowest BCUT2D eigenvalue weighted by atomic mass is 10.1. The fourth-order valence-corrected chi connectivity index (χ4v) is 4.70. The molecule has 10 heteroatoms. The minimum atomic E-state index is -1.02. The summed E-state index contributed by atoms with van der Waals surface area (Å²) < 4.78 is 13.2. The number of aromatic nitrogens is 2. The van der Waals surface area contributed by atoms with Crippen LogP contribution in [-0.2, 0) is 6.61 Å². The summed E-state index contributed by atoms with van der Waals surface area (Å²) in [6.07, 6.45) is 1.45. The molecule has 4 aromatic carbocycles. The summed E-state index contributed by atoms with van der Waals surface area (Å²) >= 11 is 12.4. The first-order valence-corrected chi connectivity index (χ1v) is 13.1. The lowest BCUT2D eigenvalue weighted by Crippen LogP contribution is -2.20. The topological polar surface area (TPSA) is 107 Å². The highest BCUT2D eigenvalue weighted by Crippen LogP contribution is 2.29. The van der Waals surface area contributed by atoms with E-state index in [1.54, 1.807) is 84.9 Å². The minimum Gasteiger partial charge on any atom is -0.488 e. The highest BCUT2D eigenvalue weighted by Gasteiger charge is 2.17. The highest BCUT2D eigenvalue weighted by molar-refractivity contribution is 6.31. The van der Waals surface area contributed by atoms with Gasteiger partial charge < -0.3 is 14.3 Å². The van der Waals surface area contributed by atoms with E-state index >= 15 is 0 Å². The van der Waals surface area contributed by atoms with Gasteiger partial charge in [-0.2, -0.15) is 9.78 Å². The van der Waals surface area contributed by atoms with E-state index in [-0.39, 0.29) is 18.0 Å². The molecule has 6 rings (SSSR count). The highest BCUT2D eigenvalue weighted by atomic mass is 35.5. The van der Waals surface area contributed by atoms with Gasteiger partial charge in [-0.3, -0.25) is 4.79 Å². The summed E-state index contributed by atoms with van der Waals surface area (Å²) in [7, 11) is 0. The van der Waals surface area contributed by atoms with Crippen LogP contribution in [0.5, 0.6) is 5.75 Å². The SMILES string of the molecule is O=C(O)c1cccc(COc2ccc(Cl)cc2C=Nn2c(-c3cc4cc(Cl)ccc4o3)nc3ccccc3c2=O)c1. The van der Waals surface area contributed by atoms with E-state index in [9.17, 15) is 14.7 Å². The summed E-state index contributed by atoms with van der Waals surface area (Å²) in [4.78, 5) is 29.6. The summed E-state index contributed by atoms with van der Waals surface area (Å²) in [5, 5.41) is 15.9. The Morgan fingerprint density at radius 2 is 1.78 bits per heavy atom. The third-order valence-electron chi connectivity index (χ3n) is 6.30. The Balaban J connectivity index is 1.41. The predicted molar refractivity (Wildman–Crippen MR) is 158 cm³/mol. The molecule has 0 aliphatic rings. The van der Waals surface area contributed by atoms with Crippen LogP contribution in [-0.4, -0.2) is 27.0 Å². The van der Waals surface area contributed by atoms with E-state index in [1.807, 2.05) is 0 Å². The molecule has 0 saturated carbocycles. The number of hydrogen-bond donors (Lipinski definition) is 1. The molecule has 0 bridgehead atoms. The molecule has 0 saturated heterocycles. The number of aromatic carboxylic acids is 1. The Morgan fingerprint density at radius 3 is 2.63 bits per heavy atom. The smallest absolute Gasteiger partial charge is 0.335 e. The van der Waals surface area contributed by atoms with Crippen molar-refractivity contribution in [3.63, 3.8) is 0 Å². The Kier molecular flexibility index (Phi) is 7.01. The van der Waals surface area contributed by atoms with Gasteiger partial charge >= 0.3 is 5.97 Å². The van der Waals surface area contributed by atoms with Gasteiger partial charge in [-0.05, 0) is 72.3 Å². The third kappa shape index (κ3) is 5.43. The van der Waals surface area contributed by atoms with E-state index < -0.39 is 11.5 Å². The van der Waals surface area contributed by atoms with Crippen molar-refractivity contribution < 1.29 is 19.1 Å². The van der Waals surface area contributed by atoms with Gasteiger partial charge in [0.1, 0.15) is 17.9 Å². The standard InChI is InChI=1S/C31H19Cl2N3O5/c32-22-9-11-27-20(13-22)15-28(41-27)29-35-25-7-2-1-6-24(25)30(37)36(29)34-16-21-14-23(33)8-10-26(21)40-17-18-4-3-5-19(12-18)31(38)39/h1-16H,17H2,(H,38,39). The van der Waals surface area contributed by atoms with Crippen molar-refractivity contribution in [2.75, 3.05) is 0 Å². The fraction of sp³-hybridized carbons (Fsp3) is 0.0323. The first kappa shape index (κ1) is 26.3. The quantitative estimate of drug-likeness (QED) is 0.198. The molecule has 1 N–H and O–H groups in total. The van der Waals surface area contributed by atoms with Crippen LogP contribution in [0, 0.1) is 0 Å². The molecule has 6 aromatic rings. The molecule has 0 radical (unpaired) electrons. The van der Waals surface area contributed by atoms with Crippen molar-refractivity contribution in [1.29, 1.82) is 0 Å². The van der Waals surface area contributed by atoms with E-state index in [0.717, 1.165) is 5.39 Å². The molecule has 0 unspecified atom stereocenters. The van der Waals surface area contributed by atoms with Gasteiger partial charge in [-0.15, -0.1) is 0 Å². The Bertz CT molecular complexity index is 2050. The van der Waals surface area contributed by atoms with E-state index in [1.165, 1.54) is 17.0 Å². The molecule has 2 aromatic heterocycles. The van der Waals surface area contributed by atoms with Crippen LogP contribution in [0.25, 0.3) is 33.5 Å². The summed E-state index contributed by atoms with van der Waals surface area (Å²) in [6.45, 7) is 0.105. The molecule has 0 fully saturated rings. The Morgan fingerprint density at radius 1 is 0.976 bits per heavy atom. The van der Waals surface area contributed by atoms with Crippen LogP contribution in [0.4, 0.5) is 0 Å². The van der Waals surface area contributed by atoms with E-state index in [4.69, 9.17) is 37.3 Å². The predicted octanol–water partition coefficient (Wildman–Crippen LogP) is 7.28. The van der Waals surface area contributed by atoms with Crippen LogP contribution >= 0.6 is 23.2 Å². The van der Waals surface area contributed by atoms with Crippen molar-refractivity contribution in [3.05, 3.63) is 128 Å². The number of carboxylic acid groups (broad SMARTS) is 1. The van der Waals surface area contributed by atoms with Gasteiger partial charge in [0.15, 0.2) is 5.76 Å². The van der Waals surface area contributed by atoms with Crippen molar-refractivity contribution in [1.82, 2.24) is 9.66 Å². The summed E-state index contributed by atoms with van der Waals surface area (Å²) in [5.41, 5.74) is 2.01. The maximum absolute atomic E-state index is 13.6. The normalized spacial score (nSPS) is 11.5. The molecular weight excluding hydrogens is 565 g/mol. The molecular formula is C31H19Cl2N3O5. The Labute approximate surface area is 242 Å². The number of ether oxygens (including phenoxy) is 1. The number of halogens is 2. The number of rotatable bonds is 7. The molecule has 0 atom stereocenters. The lowest BCUT2D eigenvalue weighted by Gasteiger charge is -2.11. The summed E-state index contributed by atoms with van der Waals surface area (Å²) in [6, 6.07) is 25.4. The Hall–Kier alpha value is -4.92. The number of benzene rings is 4. The van der Waals surface area contributed by atoms with Crippen LogP contribution in [0.1, 0.15) is 21.5 Å². The van der Waals surface area contributed by atoms with Crippen LogP contribution in [0.3, 0.4) is 0 Å². The summed E-state index contributed by atoms with van der Waals surface area (Å²) in [5.74, 6) is -0.0556. The monoisotopic (exact) mass is 583 g/mol. The average Bonchev–Trinajstić information content (AvgIpc) is 3.39. The molecule has 0 spiro atoms. The third-order valence-corrected chi connectivity index (χ3v) is 6.78. The molecule has 2 heterocycles. The van der Waals surface area contributed by atoms with E-state index in [0.29, 0.717) is 49.2 Å². The van der Waals surface area contributed by atoms with Gasteiger partial charge in [0.2, 0.25) is 5.82 Å². The average molecular weight is 584 g/mol.